The summed E-state index contributed by atoms with van der Waals surface area (Å²) in [7, 11) is 1.65. The highest BCUT2D eigenvalue weighted by atomic mass is 16.5. The van der Waals surface area contributed by atoms with Crippen molar-refractivity contribution in [2.45, 2.75) is 25.9 Å². The molecule has 3 rings (SSSR count). The van der Waals surface area contributed by atoms with Crippen LogP contribution in [0.25, 0.3) is 0 Å². The van der Waals surface area contributed by atoms with Crippen molar-refractivity contribution < 1.29 is 19.1 Å². The standard InChI is InChI=1S/C24H27N3O4/c1-17(2)16-31-20-12-10-19(11-13-20)24(3)22(29)27(23(30)25-24)15-21(28)26(4)14-18-8-6-5-7-9-18/h5-13H,1,14-16H2,2-4H3,(H,25,30). The molecule has 1 N–H and O–H groups in total. The Balaban J connectivity index is 1.68. The van der Waals surface area contributed by atoms with Gasteiger partial charge in [-0.05, 0) is 42.7 Å². The van der Waals surface area contributed by atoms with Crippen molar-refractivity contribution in [3.05, 3.63) is 77.9 Å². The van der Waals surface area contributed by atoms with Crippen molar-refractivity contribution in [3.8, 4) is 5.75 Å². The van der Waals surface area contributed by atoms with E-state index < -0.39 is 17.5 Å². The van der Waals surface area contributed by atoms with Crippen molar-refractivity contribution in [2.75, 3.05) is 20.2 Å². The van der Waals surface area contributed by atoms with Crippen molar-refractivity contribution in [1.29, 1.82) is 0 Å². The quantitative estimate of drug-likeness (QED) is 0.525. The number of carbonyl (C=O) groups is 3. The van der Waals surface area contributed by atoms with Crippen LogP contribution in [0.4, 0.5) is 4.79 Å². The lowest BCUT2D eigenvalue weighted by Gasteiger charge is -2.23. The van der Waals surface area contributed by atoms with Crippen molar-refractivity contribution in [1.82, 2.24) is 15.1 Å². The summed E-state index contributed by atoms with van der Waals surface area (Å²) in [6.45, 7) is 7.78. The number of carbonyl (C=O) groups excluding carboxylic acids is 3. The van der Waals surface area contributed by atoms with Gasteiger partial charge in [-0.2, -0.15) is 0 Å². The van der Waals surface area contributed by atoms with Crippen LogP contribution in [-0.2, 0) is 21.7 Å². The molecule has 2 aromatic rings. The molecule has 1 saturated heterocycles. The normalized spacial score (nSPS) is 18.0. The fourth-order valence-corrected chi connectivity index (χ4v) is 3.33. The molecule has 162 valence electrons. The van der Waals surface area contributed by atoms with Crippen LogP contribution in [0.2, 0.25) is 0 Å². The van der Waals surface area contributed by atoms with Gasteiger partial charge in [-0.15, -0.1) is 0 Å². The largest absolute Gasteiger partial charge is 0.489 e. The molecule has 1 fully saturated rings. The van der Waals surface area contributed by atoms with E-state index in [9.17, 15) is 14.4 Å². The van der Waals surface area contributed by atoms with E-state index in [0.29, 0.717) is 24.5 Å². The first-order chi connectivity index (χ1) is 14.7. The number of rotatable bonds is 8. The number of likely N-dealkylation sites (N-methyl/N-ethyl adjacent to an activating group) is 1. The first kappa shape index (κ1) is 22.1. The minimum Gasteiger partial charge on any atom is -0.489 e. The number of hydrogen-bond acceptors (Lipinski definition) is 4. The lowest BCUT2D eigenvalue weighted by atomic mass is 9.92. The number of nitrogens with zero attached hydrogens (tertiary/aromatic N) is 2. The van der Waals surface area contributed by atoms with Gasteiger partial charge < -0.3 is 15.0 Å². The van der Waals surface area contributed by atoms with Gasteiger partial charge in [0.1, 0.15) is 24.4 Å². The van der Waals surface area contributed by atoms with Gasteiger partial charge in [-0.25, -0.2) is 4.79 Å². The highest BCUT2D eigenvalue weighted by Gasteiger charge is 2.49. The summed E-state index contributed by atoms with van der Waals surface area (Å²) in [6, 6.07) is 15.9. The van der Waals surface area contributed by atoms with Crippen LogP contribution < -0.4 is 10.1 Å². The van der Waals surface area contributed by atoms with E-state index in [4.69, 9.17) is 4.74 Å². The molecular weight excluding hydrogens is 394 g/mol. The van der Waals surface area contributed by atoms with E-state index in [0.717, 1.165) is 16.0 Å². The lowest BCUT2D eigenvalue weighted by molar-refractivity contribution is -0.138. The number of urea groups is 1. The molecule has 0 spiro atoms. The monoisotopic (exact) mass is 421 g/mol. The molecule has 0 bridgehead atoms. The first-order valence-electron chi connectivity index (χ1n) is 10.0. The lowest BCUT2D eigenvalue weighted by Crippen LogP contribution is -2.43. The topological polar surface area (TPSA) is 79.0 Å². The summed E-state index contributed by atoms with van der Waals surface area (Å²) in [5.41, 5.74) is 1.23. The molecule has 2 aromatic carbocycles. The number of amides is 4. The fraction of sp³-hybridized carbons (Fsp3) is 0.292. The molecule has 0 radical (unpaired) electrons. The van der Waals surface area contributed by atoms with Crippen molar-refractivity contribution >= 4 is 17.8 Å². The second-order valence-corrected chi connectivity index (χ2v) is 7.95. The van der Waals surface area contributed by atoms with Crippen LogP contribution in [0.15, 0.2) is 66.7 Å². The average molecular weight is 421 g/mol. The van der Waals surface area contributed by atoms with Gasteiger partial charge in [0.2, 0.25) is 5.91 Å². The summed E-state index contributed by atoms with van der Waals surface area (Å²) in [4.78, 5) is 40.7. The van der Waals surface area contributed by atoms with Crippen LogP contribution in [0.1, 0.15) is 25.0 Å². The number of nitrogens with one attached hydrogen (secondary N) is 1. The molecule has 7 nitrogen and oxygen atoms in total. The zero-order valence-corrected chi connectivity index (χ0v) is 18.1. The summed E-state index contributed by atoms with van der Waals surface area (Å²) in [6.07, 6.45) is 0. The van der Waals surface area contributed by atoms with Crippen LogP contribution in [0.3, 0.4) is 0 Å². The minimum atomic E-state index is -1.25. The zero-order chi connectivity index (χ0) is 22.6. The number of ether oxygens (including phenoxy) is 1. The van der Waals surface area contributed by atoms with Gasteiger partial charge in [0.15, 0.2) is 0 Å². The van der Waals surface area contributed by atoms with Gasteiger partial charge in [-0.1, -0.05) is 49.0 Å². The third kappa shape index (κ3) is 4.94. The Kier molecular flexibility index (Phi) is 6.44. The van der Waals surface area contributed by atoms with E-state index in [1.807, 2.05) is 37.3 Å². The Bertz CT molecular complexity index is 988. The Labute approximate surface area is 182 Å². The molecule has 1 aliphatic rings. The number of imide groups is 1. The van der Waals surface area contributed by atoms with Gasteiger partial charge >= 0.3 is 6.03 Å². The van der Waals surface area contributed by atoms with Crippen molar-refractivity contribution in [2.24, 2.45) is 0 Å². The molecule has 0 saturated carbocycles. The highest BCUT2D eigenvalue weighted by molar-refractivity contribution is 6.09. The Morgan fingerprint density at radius 1 is 1.13 bits per heavy atom. The summed E-state index contributed by atoms with van der Waals surface area (Å²) in [5.74, 6) is -0.142. The SMILES string of the molecule is C=C(C)COc1ccc(C2(C)NC(=O)N(CC(=O)N(C)Cc3ccccc3)C2=O)cc1. The second kappa shape index (κ2) is 9.04. The van der Waals surface area contributed by atoms with Crippen LogP contribution in [0, 0.1) is 0 Å². The van der Waals surface area contributed by atoms with Crippen LogP contribution >= 0.6 is 0 Å². The number of hydrogen-bond donors (Lipinski definition) is 1. The second-order valence-electron chi connectivity index (χ2n) is 7.95. The predicted octanol–water partition coefficient (Wildman–Crippen LogP) is 3.07. The maximum absolute atomic E-state index is 13.1. The van der Waals surface area contributed by atoms with E-state index >= 15 is 0 Å². The predicted molar refractivity (Wildman–Crippen MR) is 117 cm³/mol. The summed E-state index contributed by atoms with van der Waals surface area (Å²) in [5, 5.41) is 2.72. The first-order valence-corrected chi connectivity index (χ1v) is 10.0. The molecule has 1 atom stereocenters. The van der Waals surface area contributed by atoms with Gasteiger partial charge in [0.25, 0.3) is 5.91 Å². The molecule has 31 heavy (non-hydrogen) atoms. The van der Waals surface area contributed by atoms with Gasteiger partial charge in [0, 0.05) is 13.6 Å². The average Bonchev–Trinajstić information content (AvgIpc) is 2.97. The molecule has 1 unspecified atom stereocenters. The maximum atomic E-state index is 13.1. The maximum Gasteiger partial charge on any atom is 0.325 e. The molecule has 1 aliphatic heterocycles. The fourth-order valence-electron chi connectivity index (χ4n) is 3.33. The summed E-state index contributed by atoms with van der Waals surface area (Å²) < 4.78 is 5.58. The minimum absolute atomic E-state index is 0.316. The Morgan fingerprint density at radius 2 is 1.77 bits per heavy atom. The third-order valence-electron chi connectivity index (χ3n) is 5.17. The van der Waals surface area contributed by atoms with E-state index in [2.05, 4.69) is 11.9 Å². The summed E-state index contributed by atoms with van der Waals surface area (Å²) >= 11 is 0. The highest BCUT2D eigenvalue weighted by Crippen LogP contribution is 2.30. The van der Waals surface area contributed by atoms with Gasteiger partial charge in [-0.3, -0.25) is 14.5 Å². The smallest absolute Gasteiger partial charge is 0.325 e. The van der Waals surface area contributed by atoms with Crippen molar-refractivity contribution in [3.63, 3.8) is 0 Å². The van der Waals surface area contributed by atoms with Gasteiger partial charge in [0.05, 0.1) is 0 Å². The Hall–Kier alpha value is -3.61. The third-order valence-corrected chi connectivity index (χ3v) is 5.17. The van der Waals surface area contributed by atoms with E-state index in [1.54, 1.807) is 38.2 Å². The molecular formula is C24H27N3O4. The van der Waals surface area contributed by atoms with E-state index in [1.165, 1.54) is 4.90 Å². The van der Waals surface area contributed by atoms with Crippen LogP contribution in [0.5, 0.6) is 5.75 Å². The molecule has 1 heterocycles. The molecule has 7 heteroatoms. The molecule has 4 amide bonds. The van der Waals surface area contributed by atoms with Crippen LogP contribution in [-0.4, -0.2) is 47.8 Å². The molecule has 0 aromatic heterocycles. The van der Waals surface area contributed by atoms with E-state index in [-0.39, 0.29) is 12.5 Å². The molecule has 0 aliphatic carbocycles. The zero-order valence-electron chi connectivity index (χ0n) is 18.1. The Morgan fingerprint density at radius 3 is 2.39 bits per heavy atom. The number of benzene rings is 2.